The first-order chi connectivity index (χ1) is 13.4. The van der Waals surface area contributed by atoms with Gasteiger partial charge < -0.3 is 14.9 Å². The first kappa shape index (κ1) is 19.5. The van der Waals surface area contributed by atoms with Crippen LogP contribution in [0.2, 0.25) is 0 Å². The number of halogens is 2. The standard InChI is InChI=1S/C20H18F2N2O4/c21-15-2-1-3-16(22)18(15)19(26)24-10-8-23(9-11-24)17(25)12-13-4-6-14(7-5-13)20(27)28/h1-7H,8-12H2,(H,27,28). The van der Waals surface area contributed by atoms with E-state index in [1.54, 1.807) is 17.0 Å². The molecular formula is C20H18F2N2O4. The minimum atomic E-state index is -1.04. The molecule has 0 aromatic heterocycles. The van der Waals surface area contributed by atoms with Crippen LogP contribution in [0.4, 0.5) is 8.78 Å². The lowest BCUT2D eigenvalue weighted by Crippen LogP contribution is -2.51. The second kappa shape index (κ2) is 8.16. The highest BCUT2D eigenvalue weighted by Gasteiger charge is 2.28. The van der Waals surface area contributed by atoms with Crippen LogP contribution < -0.4 is 0 Å². The summed E-state index contributed by atoms with van der Waals surface area (Å²) in [6.07, 6.45) is 0.107. The van der Waals surface area contributed by atoms with Crippen molar-refractivity contribution in [3.05, 3.63) is 70.8 Å². The number of nitrogens with zero attached hydrogens (tertiary/aromatic N) is 2. The SMILES string of the molecule is O=C(O)c1ccc(CC(=O)N2CCN(C(=O)c3c(F)cccc3F)CC2)cc1. The molecule has 28 heavy (non-hydrogen) atoms. The maximum atomic E-state index is 13.8. The minimum Gasteiger partial charge on any atom is -0.478 e. The smallest absolute Gasteiger partial charge is 0.335 e. The summed E-state index contributed by atoms with van der Waals surface area (Å²) in [5.41, 5.74) is 0.242. The highest BCUT2D eigenvalue weighted by atomic mass is 19.1. The van der Waals surface area contributed by atoms with Crippen molar-refractivity contribution >= 4 is 17.8 Å². The zero-order valence-corrected chi connectivity index (χ0v) is 14.9. The summed E-state index contributed by atoms with van der Waals surface area (Å²) in [7, 11) is 0. The van der Waals surface area contributed by atoms with Crippen molar-refractivity contribution in [2.45, 2.75) is 6.42 Å². The van der Waals surface area contributed by atoms with Crippen molar-refractivity contribution in [2.24, 2.45) is 0 Å². The molecule has 1 aliphatic heterocycles. The highest BCUT2D eigenvalue weighted by Crippen LogP contribution is 2.16. The molecule has 3 rings (SSSR count). The van der Waals surface area contributed by atoms with Gasteiger partial charge in [0.25, 0.3) is 5.91 Å². The van der Waals surface area contributed by atoms with Gasteiger partial charge >= 0.3 is 5.97 Å². The Hall–Kier alpha value is -3.29. The Kier molecular flexibility index (Phi) is 5.67. The van der Waals surface area contributed by atoms with Gasteiger partial charge in [0.2, 0.25) is 5.91 Å². The van der Waals surface area contributed by atoms with Crippen LogP contribution in [-0.2, 0) is 11.2 Å². The molecule has 146 valence electrons. The number of piperazine rings is 1. The molecule has 2 aromatic carbocycles. The van der Waals surface area contributed by atoms with E-state index in [1.807, 2.05) is 0 Å². The molecule has 1 aliphatic rings. The van der Waals surface area contributed by atoms with E-state index in [0.29, 0.717) is 5.56 Å². The largest absolute Gasteiger partial charge is 0.478 e. The van der Waals surface area contributed by atoms with Crippen molar-refractivity contribution in [3.8, 4) is 0 Å². The Morgan fingerprint density at radius 2 is 1.39 bits per heavy atom. The Bertz CT molecular complexity index is 887. The summed E-state index contributed by atoms with van der Waals surface area (Å²) in [4.78, 5) is 38.6. The summed E-state index contributed by atoms with van der Waals surface area (Å²) in [5.74, 6) is -3.74. The van der Waals surface area contributed by atoms with Gasteiger partial charge in [-0.1, -0.05) is 18.2 Å². The average Bonchev–Trinajstić information content (AvgIpc) is 2.68. The molecule has 1 saturated heterocycles. The van der Waals surface area contributed by atoms with E-state index in [4.69, 9.17) is 5.11 Å². The molecule has 0 saturated carbocycles. The summed E-state index contributed by atoms with van der Waals surface area (Å²) in [6.45, 7) is 0.869. The number of amides is 2. The molecule has 8 heteroatoms. The van der Waals surface area contributed by atoms with E-state index in [2.05, 4.69) is 0 Å². The summed E-state index contributed by atoms with van der Waals surface area (Å²) >= 11 is 0. The van der Waals surface area contributed by atoms with Crippen molar-refractivity contribution in [3.63, 3.8) is 0 Å². The molecule has 0 radical (unpaired) electrons. The highest BCUT2D eigenvalue weighted by molar-refractivity contribution is 5.95. The van der Waals surface area contributed by atoms with Crippen LogP contribution in [0.5, 0.6) is 0 Å². The van der Waals surface area contributed by atoms with Crippen LogP contribution in [0, 0.1) is 11.6 Å². The molecule has 1 N–H and O–H groups in total. The molecule has 2 amide bonds. The van der Waals surface area contributed by atoms with Gasteiger partial charge in [0.15, 0.2) is 0 Å². The monoisotopic (exact) mass is 388 g/mol. The number of carbonyl (C=O) groups is 3. The second-order valence-electron chi connectivity index (χ2n) is 6.45. The Morgan fingerprint density at radius 3 is 1.93 bits per heavy atom. The van der Waals surface area contributed by atoms with Crippen LogP contribution in [0.1, 0.15) is 26.3 Å². The molecule has 0 unspecified atom stereocenters. The molecule has 2 aromatic rings. The van der Waals surface area contributed by atoms with Crippen LogP contribution in [0.25, 0.3) is 0 Å². The lowest BCUT2D eigenvalue weighted by molar-refractivity contribution is -0.131. The van der Waals surface area contributed by atoms with Gasteiger partial charge in [-0.15, -0.1) is 0 Å². The van der Waals surface area contributed by atoms with E-state index >= 15 is 0 Å². The van der Waals surface area contributed by atoms with Crippen molar-refractivity contribution in [1.82, 2.24) is 9.80 Å². The summed E-state index contributed by atoms with van der Waals surface area (Å²) in [5, 5.41) is 8.89. The molecule has 0 spiro atoms. The molecule has 0 bridgehead atoms. The van der Waals surface area contributed by atoms with Gasteiger partial charge in [0, 0.05) is 26.2 Å². The first-order valence-electron chi connectivity index (χ1n) is 8.70. The maximum Gasteiger partial charge on any atom is 0.335 e. The van der Waals surface area contributed by atoms with E-state index in [9.17, 15) is 23.2 Å². The van der Waals surface area contributed by atoms with Gasteiger partial charge in [-0.25, -0.2) is 13.6 Å². The normalized spacial score (nSPS) is 14.1. The zero-order valence-electron chi connectivity index (χ0n) is 14.9. The quantitative estimate of drug-likeness (QED) is 0.871. The topological polar surface area (TPSA) is 77.9 Å². The van der Waals surface area contributed by atoms with E-state index in [1.165, 1.54) is 23.1 Å². The Morgan fingerprint density at radius 1 is 0.857 bits per heavy atom. The third-order valence-corrected chi connectivity index (χ3v) is 4.65. The van der Waals surface area contributed by atoms with Crippen LogP contribution in [-0.4, -0.2) is 58.9 Å². The number of hydrogen-bond donors (Lipinski definition) is 1. The fourth-order valence-corrected chi connectivity index (χ4v) is 3.07. The molecular weight excluding hydrogens is 370 g/mol. The van der Waals surface area contributed by atoms with Gasteiger partial charge in [-0.2, -0.15) is 0 Å². The fraction of sp³-hybridized carbons (Fsp3) is 0.250. The number of aromatic carboxylic acids is 1. The third-order valence-electron chi connectivity index (χ3n) is 4.65. The van der Waals surface area contributed by atoms with E-state index < -0.39 is 29.1 Å². The molecule has 0 atom stereocenters. The minimum absolute atomic E-state index is 0.107. The first-order valence-corrected chi connectivity index (χ1v) is 8.70. The van der Waals surface area contributed by atoms with Gasteiger partial charge in [0.1, 0.15) is 17.2 Å². The van der Waals surface area contributed by atoms with Crippen LogP contribution in [0.3, 0.4) is 0 Å². The van der Waals surface area contributed by atoms with Crippen LogP contribution in [0.15, 0.2) is 42.5 Å². The summed E-state index contributed by atoms with van der Waals surface area (Å²) in [6, 6.07) is 9.30. The fourth-order valence-electron chi connectivity index (χ4n) is 3.07. The third kappa shape index (κ3) is 4.16. The Labute approximate surface area is 160 Å². The van der Waals surface area contributed by atoms with Crippen molar-refractivity contribution in [1.29, 1.82) is 0 Å². The molecule has 6 nitrogen and oxygen atoms in total. The number of hydrogen-bond acceptors (Lipinski definition) is 3. The summed E-state index contributed by atoms with van der Waals surface area (Å²) < 4.78 is 27.6. The number of carbonyl (C=O) groups excluding carboxylic acids is 2. The number of carboxylic acid groups (broad SMARTS) is 1. The Balaban J connectivity index is 1.58. The van der Waals surface area contributed by atoms with Crippen molar-refractivity contribution in [2.75, 3.05) is 26.2 Å². The average molecular weight is 388 g/mol. The molecule has 0 aliphatic carbocycles. The predicted octanol–water partition coefficient (Wildman–Crippen LogP) is 2.19. The maximum absolute atomic E-state index is 13.8. The van der Waals surface area contributed by atoms with Gasteiger partial charge in [0.05, 0.1) is 12.0 Å². The lowest BCUT2D eigenvalue weighted by Gasteiger charge is -2.35. The molecule has 1 fully saturated rings. The number of carboxylic acids is 1. The zero-order chi connectivity index (χ0) is 20.3. The van der Waals surface area contributed by atoms with Gasteiger partial charge in [-0.3, -0.25) is 9.59 Å². The van der Waals surface area contributed by atoms with Crippen molar-refractivity contribution < 1.29 is 28.3 Å². The van der Waals surface area contributed by atoms with E-state index in [-0.39, 0.29) is 44.1 Å². The number of benzene rings is 2. The number of rotatable bonds is 4. The van der Waals surface area contributed by atoms with Gasteiger partial charge in [-0.05, 0) is 29.8 Å². The predicted molar refractivity (Wildman–Crippen MR) is 95.9 cm³/mol. The second-order valence-corrected chi connectivity index (χ2v) is 6.45. The van der Waals surface area contributed by atoms with E-state index in [0.717, 1.165) is 12.1 Å². The van der Waals surface area contributed by atoms with Crippen LogP contribution >= 0.6 is 0 Å². The lowest BCUT2D eigenvalue weighted by atomic mass is 10.1. The molecule has 1 heterocycles.